The zero-order chi connectivity index (χ0) is 15.5. The zero-order valence-electron chi connectivity index (χ0n) is 13.3. The number of anilines is 2. The molecule has 118 valence electrons. The Hall–Kier alpha value is -1.55. The van der Waals surface area contributed by atoms with Crippen LogP contribution in [0.4, 0.5) is 11.4 Å². The third-order valence-corrected chi connectivity index (χ3v) is 3.33. The molecule has 0 saturated heterocycles. The number of unbranched alkanes of at least 4 members (excludes halogenated alkanes) is 2. The normalized spacial score (nSPS) is 10.7. The van der Waals surface area contributed by atoms with Crippen LogP contribution in [0.15, 0.2) is 24.3 Å². The van der Waals surface area contributed by atoms with Gasteiger partial charge in [0.2, 0.25) is 5.91 Å². The number of nitrogens with two attached hydrogens (primary N) is 1. The predicted octanol–water partition coefficient (Wildman–Crippen LogP) is 3.60. The summed E-state index contributed by atoms with van der Waals surface area (Å²) in [6.45, 7) is 6.11. The van der Waals surface area contributed by atoms with E-state index in [2.05, 4.69) is 24.5 Å². The highest BCUT2D eigenvalue weighted by molar-refractivity contribution is 5.90. The van der Waals surface area contributed by atoms with Gasteiger partial charge in [0.05, 0.1) is 0 Å². The van der Waals surface area contributed by atoms with Crippen molar-refractivity contribution in [1.29, 1.82) is 0 Å². The molecule has 0 heterocycles. The largest absolute Gasteiger partial charge is 0.385 e. The first-order valence-electron chi connectivity index (χ1n) is 7.95. The van der Waals surface area contributed by atoms with Crippen LogP contribution in [0.1, 0.15) is 46.0 Å². The Balaban J connectivity index is 2.28. The van der Waals surface area contributed by atoms with E-state index in [0.717, 1.165) is 43.6 Å². The summed E-state index contributed by atoms with van der Waals surface area (Å²) >= 11 is 0. The summed E-state index contributed by atoms with van der Waals surface area (Å²) < 4.78 is 0. The molecule has 0 aliphatic heterocycles. The first-order valence-corrected chi connectivity index (χ1v) is 7.95. The van der Waals surface area contributed by atoms with Crippen LogP contribution in [-0.2, 0) is 4.79 Å². The molecule has 0 bridgehead atoms. The maximum atomic E-state index is 11.7. The molecule has 0 atom stereocenters. The second-order valence-corrected chi connectivity index (χ2v) is 5.83. The van der Waals surface area contributed by atoms with Crippen LogP contribution < -0.4 is 16.4 Å². The predicted molar refractivity (Wildman–Crippen MR) is 90.5 cm³/mol. The maximum absolute atomic E-state index is 11.7. The molecule has 1 aromatic carbocycles. The van der Waals surface area contributed by atoms with Gasteiger partial charge >= 0.3 is 0 Å². The third kappa shape index (κ3) is 8.35. The average Bonchev–Trinajstić information content (AvgIpc) is 2.45. The van der Waals surface area contributed by atoms with Crippen LogP contribution >= 0.6 is 0 Å². The number of amides is 1. The van der Waals surface area contributed by atoms with Gasteiger partial charge in [0.15, 0.2) is 0 Å². The Morgan fingerprint density at radius 3 is 2.38 bits per heavy atom. The number of carbonyl (C=O) groups excluding carboxylic acids is 1. The van der Waals surface area contributed by atoms with Gasteiger partial charge in [-0.25, -0.2) is 0 Å². The lowest BCUT2D eigenvalue weighted by Gasteiger charge is -2.10. The van der Waals surface area contributed by atoms with E-state index in [9.17, 15) is 4.79 Å². The smallest absolute Gasteiger partial charge is 0.224 e. The summed E-state index contributed by atoms with van der Waals surface area (Å²) in [7, 11) is 0. The van der Waals surface area contributed by atoms with Crippen LogP contribution in [0.25, 0.3) is 0 Å². The van der Waals surface area contributed by atoms with Crippen molar-refractivity contribution in [3.05, 3.63) is 24.3 Å². The fourth-order valence-electron chi connectivity index (χ4n) is 2.01. The summed E-state index contributed by atoms with van der Waals surface area (Å²) in [5.41, 5.74) is 7.38. The summed E-state index contributed by atoms with van der Waals surface area (Å²) in [5, 5.41) is 6.30. The summed E-state index contributed by atoms with van der Waals surface area (Å²) in [5.74, 6) is 0.780. The highest BCUT2D eigenvalue weighted by Gasteiger charge is 2.02. The minimum absolute atomic E-state index is 0.0764. The first kappa shape index (κ1) is 17.5. The Kier molecular flexibility index (Phi) is 8.51. The van der Waals surface area contributed by atoms with Gasteiger partial charge in [-0.15, -0.1) is 0 Å². The van der Waals surface area contributed by atoms with Crippen molar-refractivity contribution in [1.82, 2.24) is 0 Å². The monoisotopic (exact) mass is 291 g/mol. The second-order valence-electron chi connectivity index (χ2n) is 5.83. The van der Waals surface area contributed by atoms with E-state index in [1.807, 2.05) is 24.3 Å². The quantitative estimate of drug-likeness (QED) is 0.577. The van der Waals surface area contributed by atoms with E-state index in [0.29, 0.717) is 18.9 Å². The number of carbonyl (C=O) groups is 1. The molecule has 0 unspecified atom stereocenters. The average molecular weight is 291 g/mol. The van der Waals surface area contributed by atoms with Crippen LogP contribution in [-0.4, -0.2) is 19.0 Å². The number of rotatable bonds is 10. The van der Waals surface area contributed by atoms with E-state index in [-0.39, 0.29) is 5.91 Å². The lowest BCUT2D eigenvalue weighted by molar-refractivity contribution is -0.116. The van der Waals surface area contributed by atoms with Gasteiger partial charge in [-0.05, 0) is 56.0 Å². The van der Waals surface area contributed by atoms with Crippen LogP contribution in [0.5, 0.6) is 0 Å². The minimum Gasteiger partial charge on any atom is -0.385 e. The molecule has 0 aliphatic rings. The standard InChI is InChI=1S/C17H29N3O/c1-14(2)11-13-19-15-7-9-16(10-8-15)20-17(21)6-4-3-5-12-18/h7-10,14,19H,3-6,11-13,18H2,1-2H3,(H,20,21). The summed E-state index contributed by atoms with van der Waals surface area (Å²) in [4.78, 5) is 11.7. The molecular weight excluding hydrogens is 262 g/mol. The number of hydrogen-bond acceptors (Lipinski definition) is 3. The van der Waals surface area contributed by atoms with Crippen LogP contribution in [0.3, 0.4) is 0 Å². The van der Waals surface area contributed by atoms with Gasteiger partial charge in [-0.1, -0.05) is 20.3 Å². The minimum atomic E-state index is 0.0764. The van der Waals surface area contributed by atoms with Crippen molar-refractivity contribution in [3.8, 4) is 0 Å². The van der Waals surface area contributed by atoms with Crippen molar-refractivity contribution in [3.63, 3.8) is 0 Å². The topological polar surface area (TPSA) is 67.1 Å². The SMILES string of the molecule is CC(C)CCNc1ccc(NC(=O)CCCCCN)cc1. The molecule has 0 spiro atoms. The number of benzene rings is 1. The Morgan fingerprint density at radius 1 is 1.10 bits per heavy atom. The molecule has 4 heteroatoms. The van der Waals surface area contributed by atoms with Gasteiger partial charge in [-0.3, -0.25) is 4.79 Å². The summed E-state index contributed by atoms with van der Waals surface area (Å²) in [6.07, 6.45) is 4.63. The van der Waals surface area contributed by atoms with Crippen molar-refractivity contribution in [2.75, 3.05) is 23.7 Å². The molecule has 0 fully saturated rings. The second kappa shape index (κ2) is 10.2. The van der Waals surface area contributed by atoms with Gasteiger partial charge in [0, 0.05) is 24.3 Å². The zero-order valence-corrected chi connectivity index (χ0v) is 13.3. The van der Waals surface area contributed by atoms with Gasteiger partial charge in [0.1, 0.15) is 0 Å². The molecule has 0 aliphatic carbocycles. The van der Waals surface area contributed by atoms with E-state index >= 15 is 0 Å². The van der Waals surface area contributed by atoms with Crippen molar-refractivity contribution in [2.45, 2.75) is 46.0 Å². The van der Waals surface area contributed by atoms with Gasteiger partial charge in [-0.2, -0.15) is 0 Å². The molecule has 1 rings (SSSR count). The highest BCUT2D eigenvalue weighted by atomic mass is 16.1. The highest BCUT2D eigenvalue weighted by Crippen LogP contribution is 2.14. The van der Waals surface area contributed by atoms with Crippen molar-refractivity contribution >= 4 is 17.3 Å². The Morgan fingerprint density at radius 2 is 1.76 bits per heavy atom. The summed E-state index contributed by atoms with van der Waals surface area (Å²) in [6, 6.07) is 7.89. The molecule has 4 N–H and O–H groups in total. The van der Waals surface area contributed by atoms with E-state index in [1.54, 1.807) is 0 Å². The van der Waals surface area contributed by atoms with Gasteiger partial charge < -0.3 is 16.4 Å². The molecule has 21 heavy (non-hydrogen) atoms. The van der Waals surface area contributed by atoms with Crippen LogP contribution in [0, 0.1) is 5.92 Å². The number of hydrogen-bond donors (Lipinski definition) is 3. The van der Waals surface area contributed by atoms with E-state index in [1.165, 1.54) is 0 Å². The fraction of sp³-hybridized carbons (Fsp3) is 0.588. The van der Waals surface area contributed by atoms with Gasteiger partial charge in [0.25, 0.3) is 0 Å². The van der Waals surface area contributed by atoms with Crippen LogP contribution in [0.2, 0.25) is 0 Å². The molecule has 0 saturated carbocycles. The maximum Gasteiger partial charge on any atom is 0.224 e. The number of nitrogens with one attached hydrogen (secondary N) is 2. The van der Waals surface area contributed by atoms with Crippen molar-refractivity contribution < 1.29 is 4.79 Å². The first-order chi connectivity index (χ1) is 10.1. The van der Waals surface area contributed by atoms with E-state index in [4.69, 9.17) is 5.73 Å². The Labute approximate surface area is 128 Å². The fourth-order valence-corrected chi connectivity index (χ4v) is 2.01. The van der Waals surface area contributed by atoms with E-state index < -0.39 is 0 Å². The third-order valence-electron chi connectivity index (χ3n) is 3.33. The molecule has 1 amide bonds. The molecular formula is C17H29N3O. The Bertz CT molecular complexity index is 401. The molecule has 4 nitrogen and oxygen atoms in total. The molecule has 1 aromatic rings. The molecule has 0 aromatic heterocycles. The van der Waals surface area contributed by atoms with Crippen molar-refractivity contribution in [2.24, 2.45) is 11.7 Å². The lowest BCUT2D eigenvalue weighted by Crippen LogP contribution is -2.11. The lowest BCUT2D eigenvalue weighted by atomic mass is 10.1. The molecule has 0 radical (unpaired) electrons.